The molecule has 4 rings (SSSR count). The van der Waals surface area contributed by atoms with E-state index in [0.29, 0.717) is 44.0 Å². The fraction of sp³-hybridized carbons (Fsp3) is 0.579. The van der Waals surface area contributed by atoms with Crippen molar-refractivity contribution in [3.8, 4) is 0 Å². The first kappa shape index (κ1) is 20.0. The van der Waals surface area contributed by atoms with E-state index >= 15 is 0 Å². The zero-order valence-electron chi connectivity index (χ0n) is 16.8. The molecule has 0 spiro atoms. The van der Waals surface area contributed by atoms with Crippen molar-refractivity contribution >= 4 is 15.9 Å². The molecule has 2 aromatic heterocycles. The largest absolute Gasteiger partial charge is 0.336 e. The van der Waals surface area contributed by atoms with Gasteiger partial charge in [0.2, 0.25) is 10.0 Å². The highest BCUT2D eigenvalue weighted by molar-refractivity contribution is 7.88. The average molecular weight is 419 g/mol. The quantitative estimate of drug-likeness (QED) is 0.742. The van der Waals surface area contributed by atoms with Crippen molar-refractivity contribution < 1.29 is 13.2 Å². The van der Waals surface area contributed by atoms with Gasteiger partial charge in [-0.05, 0) is 31.4 Å². The number of piperidine rings is 1. The summed E-state index contributed by atoms with van der Waals surface area (Å²) in [5.41, 5.74) is 1.52. The van der Waals surface area contributed by atoms with Gasteiger partial charge in [-0.2, -0.15) is 4.31 Å². The van der Waals surface area contributed by atoms with Crippen LogP contribution in [0.4, 0.5) is 0 Å². The lowest BCUT2D eigenvalue weighted by molar-refractivity contribution is 0.0757. The van der Waals surface area contributed by atoms with Crippen LogP contribution < -0.4 is 0 Å². The first-order valence-corrected chi connectivity index (χ1v) is 11.8. The third-order valence-electron chi connectivity index (χ3n) is 5.79. The minimum atomic E-state index is -3.32. The molecule has 1 amide bonds. The number of nitrogens with zero attached hydrogens (tertiary/aromatic N) is 6. The standard InChI is InChI=1S/C19H26N6O3S/c1-14-6-8-20-13-15(14)19(26)23-10-7-17-21-22-18(24(17)12-11-23)16-5-3-4-9-25(16)29(2,27)28/h6,8,13,16H,3-5,7,9-12H2,1-2H3. The van der Waals surface area contributed by atoms with E-state index in [0.717, 1.165) is 30.7 Å². The molecule has 0 N–H and O–H groups in total. The summed E-state index contributed by atoms with van der Waals surface area (Å²) in [6.45, 7) is 4.04. The summed E-state index contributed by atoms with van der Waals surface area (Å²) in [7, 11) is -3.32. The molecule has 9 nitrogen and oxygen atoms in total. The molecule has 1 atom stereocenters. The summed E-state index contributed by atoms with van der Waals surface area (Å²) in [5.74, 6) is 1.46. The Morgan fingerprint density at radius 1 is 1.14 bits per heavy atom. The number of sulfonamides is 1. The zero-order chi connectivity index (χ0) is 20.6. The maximum Gasteiger partial charge on any atom is 0.255 e. The van der Waals surface area contributed by atoms with E-state index < -0.39 is 10.0 Å². The molecular formula is C19H26N6O3S. The van der Waals surface area contributed by atoms with E-state index in [2.05, 4.69) is 15.2 Å². The Hall–Kier alpha value is -2.33. The average Bonchev–Trinajstić information content (AvgIpc) is 2.98. The van der Waals surface area contributed by atoms with E-state index in [1.165, 1.54) is 6.26 Å². The Morgan fingerprint density at radius 3 is 2.72 bits per heavy atom. The molecule has 1 unspecified atom stereocenters. The molecule has 2 aliphatic rings. The molecule has 1 saturated heterocycles. The Balaban J connectivity index is 1.57. The fourth-order valence-corrected chi connectivity index (χ4v) is 5.34. The van der Waals surface area contributed by atoms with Crippen LogP contribution in [0.3, 0.4) is 0 Å². The zero-order valence-corrected chi connectivity index (χ0v) is 17.6. The molecular weight excluding hydrogens is 392 g/mol. The minimum absolute atomic E-state index is 0.0358. The number of hydrogen-bond acceptors (Lipinski definition) is 6. The highest BCUT2D eigenvalue weighted by Gasteiger charge is 2.35. The van der Waals surface area contributed by atoms with Gasteiger partial charge in [-0.3, -0.25) is 9.78 Å². The number of carbonyl (C=O) groups excluding carboxylic acids is 1. The Kier molecular flexibility index (Phi) is 5.39. The maximum atomic E-state index is 13.0. The second-order valence-electron chi connectivity index (χ2n) is 7.74. The molecule has 0 radical (unpaired) electrons. The van der Waals surface area contributed by atoms with Crippen LogP contribution in [-0.2, 0) is 23.0 Å². The number of aryl methyl sites for hydroxylation is 1. The highest BCUT2D eigenvalue weighted by atomic mass is 32.2. The van der Waals surface area contributed by atoms with E-state index in [1.54, 1.807) is 16.7 Å². The van der Waals surface area contributed by atoms with Crippen LogP contribution in [-0.4, -0.2) is 69.2 Å². The molecule has 156 valence electrons. The van der Waals surface area contributed by atoms with Crippen LogP contribution in [0.1, 0.15) is 52.9 Å². The third-order valence-corrected chi connectivity index (χ3v) is 7.08. The van der Waals surface area contributed by atoms with Crippen molar-refractivity contribution in [2.45, 2.75) is 45.2 Å². The van der Waals surface area contributed by atoms with Crippen molar-refractivity contribution in [1.29, 1.82) is 0 Å². The second kappa shape index (κ2) is 7.83. The molecule has 0 aliphatic carbocycles. The van der Waals surface area contributed by atoms with Crippen molar-refractivity contribution in [2.24, 2.45) is 0 Å². The molecule has 1 fully saturated rings. The predicted octanol–water partition coefficient (Wildman–Crippen LogP) is 1.17. The summed E-state index contributed by atoms with van der Waals surface area (Å²) in [5, 5.41) is 8.70. The number of hydrogen-bond donors (Lipinski definition) is 0. The van der Waals surface area contributed by atoms with E-state index in [-0.39, 0.29) is 11.9 Å². The molecule has 2 aromatic rings. The number of aromatic nitrogens is 4. The lowest BCUT2D eigenvalue weighted by Crippen LogP contribution is -2.39. The van der Waals surface area contributed by atoms with Crippen LogP contribution in [0.15, 0.2) is 18.5 Å². The fourth-order valence-electron chi connectivity index (χ4n) is 4.21. The molecule has 2 aliphatic heterocycles. The van der Waals surface area contributed by atoms with Gasteiger partial charge in [-0.1, -0.05) is 6.42 Å². The van der Waals surface area contributed by atoms with Crippen molar-refractivity contribution in [3.63, 3.8) is 0 Å². The molecule has 4 heterocycles. The van der Waals surface area contributed by atoms with Gasteiger partial charge in [0.25, 0.3) is 5.91 Å². The van der Waals surface area contributed by atoms with Gasteiger partial charge in [-0.15, -0.1) is 10.2 Å². The first-order chi connectivity index (χ1) is 13.9. The Labute approximate surface area is 170 Å². The summed E-state index contributed by atoms with van der Waals surface area (Å²) in [4.78, 5) is 18.9. The van der Waals surface area contributed by atoms with E-state index in [1.807, 2.05) is 22.5 Å². The summed E-state index contributed by atoms with van der Waals surface area (Å²) >= 11 is 0. The summed E-state index contributed by atoms with van der Waals surface area (Å²) in [6, 6.07) is 1.55. The first-order valence-electron chi connectivity index (χ1n) is 9.95. The Bertz CT molecular complexity index is 1020. The molecule has 10 heteroatoms. The second-order valence-corrected chi connectivity index (χ2v) is 9.68. The van der Waals surface area contributed by atoms with Gasteiger partial charge in [0.05, 0.1) is 17.9 Å². The smallest absolute Gasteiger partial charge is 0.255 e. The van der Waals surface area contributed by atoms with Crippen LogP contribution in [0.5, 0.6) is 0 Å². The monoisotopic (exact) mass is 418 g/mol. The number of fused-ring (bicyclic) bond motifs is 1. The SMILES string of the molecule is Cc1ccncc1C(=O)N1CCc2nnc(C3CCCCN3S(C)(=O)=O)n2CC1. The van der Waals surface area contributed by atoms with Gasteiger partial charge < -0.3 is 9.47 Å². The van der Waals surface area contributed by atoms with Gasteiger partial charge in [-0.25, -0.2) is 8.42 Å². The van der Waals surface area contributed by atoms with Crippen LogP contribution in [0, 0.1) is 6.92 Å². The number of rotatable bonds is 3. The van der Waals surface area contributed by atoms with Crippen LogP contribution in [0.25, 0.3) is 0 Å². The lowest BCUT2D eigenvalue weighted by atomic mass is 10.0. The van der Waals surface area contributed by atoms with Crippen molar-refractivity contribution in [1.82, 2.24) is 29.0 Å². The maximum absolute atomic E-state index is 13.0. The van der Waals surface area contributed by atoms with Gasteiger partial charge in [0.1, 0.15) is 5.82 Å². The van der Waals surface area contributed by atoms with Crippen molar-refractivity contribution in [2.75, 3.05) is 25.9 Å². The van der Waals surface area contributed by atoms with E-state index in [9.17, 15) is 13.2 Å². The summed E-state index contributed by atoms with van der Waals surface area (Å²) in [6.07, 6.45) is 7.69. The highest BCUT2D eigenvalue weighted by Crippen LogP contribution is 2.32. The predicted molar refractivity (Wildman–Crippen MR) is 107 cm³/mol. The third kappa shape index (κ3) is 3.91. The minimum Gasteiger partial charge on any atom is -0.336 e. The van der Waals surface area contributed by atoms with Gasteiger partial charge in [0, 0.05) is 45.0 Å². The normalized spacial score (nSPS) is 20.9. The van der Waals surface area contributed by atoms with E-state index in [4.69, 9.17) is 0 Å². The van der Waals surface area contributed by atoms with Crippen LogP contribution >= 0.6 is 0 Å². The van der Waals surface area contributed by atoms with Gasteiger partial charge in [0.15, 0.2) is 5.82 Å². The lowest BCUT2D eigenvalue weighted by Gasteiger charge is -2.33. The van der Waals surface area contributed by atoms with Gasteiger partial charge >= 0.3 is 0 Å². The molecule has 0 saturated carbocycles. The van der Waals surface area contributed by atoms with Crippen LogP contribution in [0.2, 0.25) is 0 Å². The molecule has 0 aromatic carbocycles. The number of pyridine rings is 1. The number of amides is 1. The molecule has 29 heavy (non-hydrogen) atoms. The Morgan fingerprint density at radius 2 is 1.97 bits per heavy atom. The van der Waals surface area contributed by atoms with Crippen molar-refractivity contribution in [3.05, 3.63) is 41.2 Å². The number of carbonyl (C=O) groups is 1. The topological polar surface area (TPSA) is 101 Å². The summed E-state index contributed by atoms with van der Waals surface area (Å²) < 4.78 is 28.1. The molecule has 0 bridgehead atoms.